The van der Waals surface area contributed by atoms with Crippen LogP contribution in [0.4, 0.5) is 15.9 Å². The van der Waals surface area contributed by atoms with Gasteiger partial charge in [-0.1, -0.05) is 12.1 Å². The molecule has 37 heavy (non-hydrogen) atoms. The summed E-state index contributed by atoms with van der Waals surface area (Å²) in [6.45, 7) is 4.81. The first-order valence-corrected chi connectivity index (χ1v) is 12.4. The normalized spacial score (nSPS) is 16.3. The molecule has 1 saturated heterocycles. The molecule has 0 aliphatic carbocycles. The van der Waals surface area contributed by atoms with Gasteiger partial charge in [0.15, 0.2) is 5.82 Å². The number of nitrogens with one attached hydrogen (secondary N) is 2. The molecule has 6 rings (SSSR count). The Morgan fingerprint density at radius 1 is 1.16 bits per heavy atom. The van der Waals surface area contributed by atoms with E-state index >= 15 is 0 Å². The average molecular weight is 502 g/mol. The minimum Gasteiger partial charge on any atom is -0.380 e. The van der Waals surface area contributed by atoms with E-state index in [1.54, 1.807) is 10.6 Å². The molecule has 5 aromatic rings. The van der Waals surface area contributed by atoms with Crippen molar-refractivity contribution < 1.29 is 13.9 Å². The van der Waals surface area contributed by atoms with E-state index < -0.39 is 0 Å². The van der Waals surface area contributed by atoms with Gasteiger partial charge in [0, 0.05) is 41.8 Å². The van der Waals surface area contributed by atoms with Crippen LogP contribution in [0.15, 0.2) is 67.3 Å². The Balaban J connectivity index is 1.18. The van der Waals surface area contributed by atoms with Crippen LogP contribution >= 0.6 is 0 Å². The van der Waals surface area contributed by atoms with Crippen molar-refractivity contribution in [3.05, 3.63) is 84.2 Å². The molecule has 1 atom stereocenters. The molecule has 0 saturated carbocycles. The molecule has 1 fully saturated rings. The second-order valence-corrected chi connectivity index (χ2v) is 9.23. The van der Waals surface area contributed by atoms with Crippen LogP contribution in [0.2, 0.25) is 0 Å². The molecule has 2 N–H and O–H groups in total. The molecule has 0 bridgehead atoms. The lowest BCUT2D eigenvalue weighted by Gasteiger charge is -2.14. The Kier molecular flexibility index (Phi) is 6.76. The molecule has 0 spiro atoms. The summed E-state index contributed by atoms with van der Waals surface area (Å²) >= 11 is 0. The highest BCUT2D eigenvalue weighted by atomic mass is 19.1. The molecule has 1 aliphatic heterocycles. The third kappa shape index (κ3) is 5.31. The van der Waals surface area contributed by atoms with Crippen molar-refractivity contribution in [2.24, 2.45) is 5.92 Å². The summed E-state index contributed by atoms with van der Waals surface area (Å²) < 4.78 is 28.9. The summed E-state index contributed by atoms with van der Waals surface area (Å²) in [5.41, 5.74) is 4.60. The number of anilines is 2. The maximum Gasteiger partial charge on any atom is 0.158 e. The largest absolute Gasteiger partial charge is 0.380 e. The minimum absolute atomic E-state index is 0.248. The highest BCUT2D eigenvalue weighted by molar-refractivity contribution is 5.85. The van der Waals surface area contributed by atoms with Gasteiger partial charge >= 0.3 is 0 Å². The number of halogens is 1. The zero-order chi connectivity index (χ0) is 25.0. The first-order valence-electron chi connectivity index (χ1n) is 12.4. The van der Waals surface area contributed by atoms with Crippen molar-refractivity contribution in [1.82, 2.24) is 29.7 Å². The van der Waals surface area contributed by atoms with Crippen LogP contribution in [0.3, 0.4) is 0 Å². The minimum atomic E-state index is -0.248. The number of nitrogens with zero attached hydrogens (tertiary/aromatic N) is 5. The van der Waals surface area contributed by atoms with Gasteiger partial charge in [0.05, 0.1) is 44.7 Å². The lowest BCUT2D eigenvalue weighted by Crippen LogP contribution is -2.26. The second kappa shape index (κ2) is 10.6. The van der Waals surface area contributed by atoms with Gasteiger partial charge in [-0.15, -0.1) is 0 Å². The first-order chi connectivity index (χ1) is 18.2. The van der Waals surface area contributed by atoms with Crippen LogP contribution < -0.4 is 10.6 Å². The van der Waals surface area contributed by atoms with Crippen LogP contribution in [-0.4, -0.2) is 57.3 Å². The maximum absolute atomic E-state index is 13.6. The third-order valence-corrected chi connectivity index (χ3v) is 6.48. The number of fused-ring (bicyclic) bond motifs is 2. The van der Waals surface area contributed by atoms with Gasteiger partial charge in [0.2, 0.25) is 0 Å². The Morgan fingerprint density at radius 2 is 2.14 bits per heavy atom. The molecule has 3 aromatic heterocycles. The lowest BCUT2D eigenvalue weighted by atomic mass is 10.2. The van der Waals surface area contributed by atoms with Crippen LogP contribution in [0.25, 0.3) is 16.4 Å². The standard InChI is InChI=1S/C27H28FN7O2/c28-23-3-1-2-19(10-23)14-35-25-5-4-24(11-22(25)13-31-35)33-27-26-21(6-8-34(26)32-18-30-27)17-37-16-20-12-29-7-9-36-15-20/h1-6,8,10-11,13,18,20,29H,7,9,12,14-17H2,(H,30,32,33). The van der Waals surface area contributed by atoms with Crippen molar-refractivity contribution in [3.63, 3.8) is 0 Å². The lowest BCUT2D eigenvalue weighted by molar-refractivity contribution is 0.0477. The zero-order valence-corrected chi connectivity index (χ0v) is 20.3. The van der Waals surface area contributed by atoms with Crippen LogP contribution in [-0.2, 0) is 22.6 Å². The van der Waals surface area contributed by atoms with E-state index in [9.17, 15) is 4.39 Å². The van der Waals surface area contributed by atoms with Crippen LogP contribution in [0.5, 0.6) is 0 Å². The van der Waals surface area contributed by atoms with E-state index in [-0.39, 0.29) is 5.82 Å². The van der Waals surface area contributed by atoms with Crippen molar-refractivity contribution in [2.75, 3.05) is 38.2 Å². The Labute approximate surface area is 213 Å². The fraction of sp³-hybridized carbons (Fsp3) is 0.296. The first kappa shape index (κ1) is 23.5. The number of ether oxygens (including phenoxy) is 2. The predicted molar refractivity (Wildman–Crippen MR) is 138 cm³/mol. The van der Waals surface area contributed by atoms with Crippen molar-refractivity contribution in [1.29, 1.82) is 0 Å². The monoisotopic (exact) mass is 501 g/mol. The predicted octanol–water partition coefficient (Wildman–Crippen LogP) is 3.76. The van der Waals surface area contributed by atoms with E-state index in [0.717, 1.165) is 52.9 Å². The van der Waals surface area contributed by atoms with Crippen molar-refractivity contribution in [3.8, 4) is 0 Å². The van der Waals surface area contributed by atoms with Gasteiger partial charge in [-0.25, -0.2) is 13.9 Å². The fourth-order valence-corrected chi connectivity index (χ4v) is 4.66. The smallest absolute Gasteiger partial charge is 0.158 e. The van der Waals surface area contributed by atoms with E-state index in [2.05, 4.69) is 25.8 Å². The quantitative estimate of drug-likeness (QED) is 0.335. The summed E-state index contributed by atoms with van der Waals surface area (Å²) in [5, 5.41) is 16.7. The van der Waals surface area contributed by atoms with E-state index in [1.807, 2.05) is 47.4 Å². The Hall–Kier alpha value is -3.86. The van der Waals surface area contributed by atoms with Gasteiger partial charge in [0.1, 0.15) is 17.7 Å². The number of aromatic nitrogens is 5. The second-order valence-electron chi connectivity index (χ2n) is 9.23. The molecular weight excluding hydrogens is 473 g/mol. The van der Waals surface area contributed by atoms with Gasteiger partial charge in [0.25, 0.3) is 0 Å². The Bertz CT molecular complexity index is 1510. The molecule has 1 unspecified atom stereocenters. The molecule has 190 valence electrons. The SMILES string of the molecule is Fc1cccc(Cn2ncc3cc(Nc4ncnn5ccc(COCC6CNCCOC6)c45)ccc32)c1. The number of benzene rings is 2. The average Bonchev–Trinajstić information content (AvgIpc) is 3.40. The van der Waals surface area contributed by atoms with Gasteiger partial charge < -0.3 is 20.1 Å². The highest BCUT2D eigenvalue weighted by Gasteiger charge is 2.15. The molecule has 2 aromatic carbocycles. The molecule has 0 radical (unpaired) electrons. The molecule has 0 amide bonds. The summed E-state index contributed by atoms with van der Waals surface area (Å²) in [6, 6.07) is 14.6. The molecule has 4 heterocycles. The molecule has 10 heteroatoms. The van der Waals surface area contributed by atoms with Gasteiger partial charge in [-0.2, -0.15) is 10.2 Å². The zero-order valence-electron chi connectivity index (χ0n) is 20.3. The number of hydrogen-bond donors (Lipinski definition) is 2. The third-order valence-electron chi connectivity index (χ3n) is 6.48. The number of rotatable bonds is 8. The summed E-state index contributed by atoms with van der Waals surface area (Å²) in [7, 11) is 0. The summed E-state index contributed by atoms with van der Waals surface area (Å²) in [6.07, 6.45) is 5.26. The number of hydrogen-bond acceptors (Lipinski definition) is 7. The maximum atomic E-state index is 13.6. The van der Waals surface area contributed by atoms with Crippen LogP contribution in [0, 0.1) is 11.7 Å². The molecule has 1 aliphatic rings. The van der Waals surface area contributed by atoms with Gasteiger partial charge in [-0.3, -0.25) is 4.68 Å². The topological polar surface area (TPSA) is 90.5 Å². The van der Waals surface area contributed by atoms with E-state index in [4.69, 9.17) is 9.47 Å². The van der Waals surface area contributed by atoms with Gasteiger partial charge in [-0.05, 0) is 42.0 Å². The molecule has 9 nitrogen and oxygen atoms in total. The van der Waals surface area contributed by atoms with Crippen LogP contribution in [0.1, 0.15) is 11.1 Å². The Morgan fingerprint density at radius 3 is 3.08 bits per heavy atom. The highest BCUT2D eigenvalue weighted by Crippen LogP contribution is 2.26. The van der Waals surface area contributed by atoms with E-state index in [1.165, 1.54) is 18.5 Å². The fourth-order valence-electron chi connectivity index (χ4n) is 4.66. The summed E-state index contributed by atoms with van der Waals surface area (Å²) in [5.74, 6) is 0.783. The van der Waals surface area contributed by atoms with Crippen molar-refractivity contribution >= 4 is 27.9 Å². The van der Waals surface area contributed by atoms with E-state index in [0.29, 0.717) is 38.1 Å². The van der Waals surface area contributed by atoms with Crippen molar-refractivity contribution in [2.45, 2.75) is 13.2 Å². The molecular formula is C27H28FN7O2. The summed E-state index contributed by atoms with van der Waals surface area (Å²) in [4.78, 5) is 4.51.